The molecule has 6 nitrogen and oxygen atoms in total. The standard InChI is InChI=1S/C20H24N2O4/c1-12(2)16-10-9-13(3)11-19(16)26-15(5)20(23)21-17-7-6-8-18(14(17)4)22(24)25/h6-12,15H,1-5H3,(H,21,23)/t15-/m1/s1. The normalized spacial score (nSPS) is 11.9. The Morgan fingerprint density at radius 3 is 2.46 bits per heavy atom. The van der Waals surface area contributed by atoms with Crippen LogP contribution in [-0.4, -0.2) is 16.9 Å². The summed E-state index contributed by atoms with van der Waals surface area (Å²) < 4.78 is 5.89. The second-order valence-electron chi connectivity index (χ2n) is 6.65. The summed E-state index contributed by atoms with van der Waals surface area (Å²) in [6.07, 6.45) is -0.743. The van der Waals surface area contributed by atoms with Crippen LogP contribution in [0.5, 0.6) is 5.75 Å². The zero-order valence-corrected chi connectivity index (χ0v) is 15.7. The molecule has 26 heavy (non-hydrogen) atoms. The number of carbonyl (C=O) groups excluding carboxylic acids is 1. The third-order valence-corrected chi connectivity index (χ3v) is 4.22. The quantitative estimate of drug-likeness (QED) is 0.598. The number of carbonyl (C=O) groups is 1. The Morgan fingerprint density at radius 1 is 1.15 bits per heavy atom. The summed E-state index contributed by atoms with van der Waals surface area (Å²) >= 11 is 0. The fourth-order valence-corrected chi connectivity index (χ4v) is 2.66. The molecule has 0 aliphatic rings. The van der Waals surface area contributed by atoms with E-state index in [1.54, 1.807) is 26.0 Å². The summed E-state index contributed by atoms with van der Waals surface area (Å²) in [7, 11) is 0. The van der Waals surface area contributed by atoms with E-state index in [0.29, 0.717) is 17.0 Å². The zero-order valence-electron chi connectivity index (χ0n) is 15.7. The van der Waals surface area contributed by atoms with E-state index in [1.165, 1.54) is 6.07 Å². The topological polar surface area (TPSA) is 81.5 Å². The largest absolute Gasteiger partial charge is 0.481 e. The van der Waals surface area contributed by atoms with Crippen molar-refractivity contribution in [2.75, 3.05) is 5.32 Å². The maximum absolute atomic E-state index is 12.5. The average molecular weight is 356 g/mol. The molecule has 0 saturated carbocycles. The van der Waals surface area contributed by atoms with Gasteiger partial charge in [-0.3, -0.25) is 14.9 Å². The molecule has 2 aromatic carbocycles. The molecule has 0 unspecified atom stereocenters. The maximum atomic E-state index is 12.5. The van der Waals surface area contributed by atoms with Crippen molar-refractivity contribution in [2.24, 2.45) is 0 Å². The molecule has 1 amide bonds. The van der Waals surface area contributed by atoms with Gasteiger partial charge in [-0.05, 0) is 49.9 Å². The van der Waals surface area contributed by atoms with Crippen molar-refractivity contribution in [3.63, 3.8) is 0 Å². The molecule has 0 radical (unpaired) electrons. The Hall–Kier alpha value is -2.89. The van der Waals surface area contributed by atoms with E-state index in [1.807, 2.05) is 25.1 Å². The molecule has 0 aliphatic heterocycles. The fraction of sp³-hybridized carbons (Fsp3) is 0.350. The van der Waals surface area contributed by atoms with E-state index >= 15 is 0 Å². The number of nitrogens with one attached hydrogen (secondary N) is 1. The van der Waals surface area contributed by atoms with E-state index < -0.39 is 11.0 Å². The van der Waals surface area contributed by atoms with Crippen molar-refractivity contribution < 1.29 is 14.5 Å². The highest BCUT2D eigenvalue weighted by atomic mass is 16.6. The van der Waals surface area contributed by atoms with Crippen molar-refractivity contribution in [1.29, 1.82) is 0 Å². The van der Waals surface area contributed by atoms with Crippen LogP contribution in [0.15, 0.2) is 36.4 Å². The predicted molar refractivity (Wildman–Crippen MR) is 102 cm³/mol. The number of aryl methyl sites for hydroxylation is 1. The maximum Gasteiger partial charge on any atom is 0.274 e. The molecule has 0 fully saturated rings. The molecule has 6 heteroatoms. The number of hydrogen-bond donors (Lipinski definition) is 1. The molecule has 1 atom stereocenters. The van der Waals surface area contributed by atoms with Gasteiger partial charge in [-0.15, -0.1) is 0 Å². The number of anilines is 1. The van der Waals surface area contributed by atoms with Gasteiger partial charge < -0.3 is 10.1 Å². The molecule has 2 aromatic rings. The number of amides is 1. The Kier molecular flexibility index (Phi) is 5.97. The van der Waals surface area contributed by atoms with Gasteiger partial charge in [0, 0.05) is 6.07 Å². The molecule has 0 saturated heterocycles. The Labute approximate surface area is 153 Å². The lowest BCUT2D eigenvalue weighted by molar-refractivity contribution is -0.385. The second kappa shape index (κ2) is 7.99. The van der Waals surface area contributed by atoms with Gasteiger partial charge in [0.05, 0.1) is 16.2 Å². The first-order chi connectivity index (χ1) is 12.2. The van der Waals surface area contributed by atoms with Crippen molar-refractivity contribution in [3.8, 4) is 5.75 Å². The first kappa shape index (κ1) is 19.4. The first-order valence-corrected chi connectivity index (χ1v) is 8.52. The lowest BCUT2D eigenvalue weighted by Crippen LogP contribution is -2.30. The van der Waals surface area contributed by atoms with Gasteiger partial charge in [-0.2, -0.15) is 0 Å². The van der Waals surface area contributed by atoms with Crippen molar-refractivity contribution in [1.82, 2.24) is 0 Å². The molecule has 138 valence electrons. The third-order valence-electron chi connectivity index (χ3n) is 4.22. The molecule has 2 rings (SSSR count). The lowest BCUT2D eigenvalue weighted by atomic mass is 10.0. The lowest BCUT2D eigenvalue weighted by Gasteiger charge is -2.19. The second-order valence-corrected chi connectivity index (χ2v) is 6.65. The van der Waals surface area contributed by atoms with Crippen LogP contribution in [0.2, 0.25) is 0 Å². The Morgan fingerprint density at radius 2 is 1.85 bits per heavy atom. The van der Waals surface area contributed by atoms with E-state index in [4.69, 9.17) is 4.74 Å². The van der Waals surface area contributed by atoms with Crippen molar-refractivity contribution in [2.45, 2.75) is 46.6 Å². The summed E-state index contributed by atoms with van der Waals surface area (Å²) in [5.41, 5.74) is 2.87. The van der Waals surface area contributed by atoms with Crippen molar-refractivity contribution >= 4 is 17.3 Å². The van der Waals surface area contributed by atoms with Crippen LogP contribution < -0.4 is 10.1 Å². The van der Waals surface area contributed by atoms with E-state index in [9.17, 15) is 14.9 Å². The van der Waals surface area contributed by atoms with Gasteiger partial charge in [0.15, 0.2) is 6.10 Å². The summed E-state index contributed by atoms with van der Waals surface area (Å²) in [5, 5.41) is 13.8. The number of benzene rings is 2. The Balaban J connectivity index is 2.18. The van der Waals surface area contributed by atoms with Crippen LogP contribution in [-0.2, 0) is 4.79 Å². The van der Waals surface area contributed by atoms with Crippen molar-refractivity contribution in [3.05, 3.63) is 63.2 Å². The van der Waals surface area contributed by atoms with Crippen LogP contribution in [0.1, 0.15) is 43.4 Å². The monoisotopic (exact) mass is 356 g/mol. The Bertz CT molecular complexity index is 831. The molecule has 0 heterocycles. The van der Waals surface area contributed by atoms with E-state index in [0.717, 1.165) is 11.1 Å². The summed E-state index contributed by atoms with van der Waals surface area (Å²) in [6.45, 7) is 9.36. The number of rotatable bonds is 6. The fourth-order valence-electron chi connectivity index (χ4n) is 2.66. The molecule has 0 bridgehead atoms. The minimum absolute atomic E-state index is 0.0304. The molecular formula is C20H24N2O4. The van der Waals surface area contributed by atoms with Gasteiger partial charge in [0.2, 0.25) is 0 Å². The number of nitro groups is 1. The minimum Gasteiger partial charge on any atom is -0.481 e. The van der Waals surface area contributed by atoms with Gasteiger partial charge >= 0.3 is 0 Å². The van der Waals surface area contributed by atoms with Crippen LogP contribution in [0, 0.1) is 24.0 Å². The SMILES string of the molecule is Cc1ccc(C(C)C)c(O[C@H](C)C(=O)Nc2cccc([N+](=O)[O-])c2C)c1. The highest BCUT2D eigenvalue weighted by Gasteiger charge is 2.20. The van der Waals surface area contributed by atoms with Gasteiger partial charge in [-0.1, -0.05) is 32.0 Å². The smallest absolute Gasteiger partial charge is 0.274 e. The predicted octanol–water partition coefficient (Wildman–Crippen LogP) is 4.74. The van der Waals surface area contributed by atoms with Crippen LogP contribution >= 0.6 is 0 Å². The van der Waals surface area contributed by atoms with E-state index in [2.05, 4.69) is 19.2 Å². The minimum atomic E-state index is -0.743. The van der Waals surface area contributed by atoms with Crippen LogP contribution in [0.25, 0.3) is 0 Å². The first-order valence-electron chi connectivity index (χ1n) is 8.52. The van der Waals surface area contributed by atoms with Gasteiger partial charge in [0.25, 0.3) is 11.6 Å². The number of hydrogen-bond acceptors (Lipinski definition) is 4. The molecular weight excluding hydrogens is 332 g/mol. The van der Waals surface area contributed by atoms with E-state index in [-0.39, 0.29) is 17.5 Å². The molecule has 0 aromatic heterocycles. The summed E-state index contributed by atoms with van der Waals surface area (Å²) in [4.78, 5) is 23.1. The average Bonchev–Trinajstić information content (AvgIpc) is 2.56. The highest BCUT2D eigenvalue weighted by molar-refractivity contribution is 5.95. The molecule has 0 spiro atoms. The molecule has 1 N–H and O–H groups in total. The van der Waals surface area contributed by atoms with Crippen LogP contribution in [0.4, 0.5) is 11.4 Å². The zero-order chi connectivity index (χ0) is 19.4. The number of nitrogens with zero attached hydrogens (tertiary/aromatic N) is 1. The molecule has 0 aliphatic carbocycles. The van der Waals surface area contributed by atoms with Crippen LogP contribution in [0.3, 0.4) is 0 Å². The number of nitro benzene ring substituents is 1. The summed E-state index contributed by atoms with van der Waals surface area (Å²) in [5.74, 6) is 0.586. The van der Waals surface area contributed by atoms with Gasteiger partial charge in [0.1, 0.15) is 5.75 Å². The summed E-state index contributed by atoms with van der Waals surface area (Å²) in [6, 6.07) is 10.5. The third kappa shape index (κ3) is 4.39. The van der Waals surface area contributed by atoms with Gasteiger partial charge in [-0.25, -0.2) is 0 Å². The highest BCUT2D eigenvalue weighted by Crippen LogP contribution is 2.29. The number of ether oxygens (including phenoxy) is 1.